The molecule has 0 amide bonds. The van der Waals surface area contributed by atoms with Crippen LogP contribution in [-0.4, -0.2) is 28.5 Å². The standard InChI is InChI=1S/C20H24N2O3S/c1-26-18-12-22-11-17(25-20(22)21-19(18)23)13-24-16-9-7-15(8-10-16)14-5-3-2-4-6-14/h7-10,12,14,17H,2-6,11,13H2,1H3/t17-/m0/s1. The summed E-state index contributed by atoms with van der Waals surface area (Å²) in [6, 6.07) is 8.88. The van der Waals surface area contributed by atoms with E-state index in [9.17, 15) is 4.79 Å². The molecule has 6 heteroatoms. The molecule has 1 atom stereocenters. The second-order valence-corrected chi connectivity index (χ2v) is 7.85. The molecule has 0 bridgehead atoms. The molecule has 0 N–H and O–H groups in total. The van der Waals surface area contributed by atoms with E-state index in [4.69, 9.17) is 9.47 Å². The van der Waals surface area contributed by atoms with Crippen molar-refractivity contribution >= 4 is 11.8 Å². The van der Waals surface area contributed by atoms with E-state index < -0.39 is 0 Å². The van der Waals surface area contributed by atoms with Crippen molar-refractivity contribution in [3.63, 3.8) is 0 Å². The van der Waals surface area contributed by atoms with Gasteiger partial charge in [0.15, 0.2) is 6.10 Å². The molecule has 138 valence electrons. The van der Waals surface area contributed by atoms with Crippen molar-refractivity contribution < 1.29 is 9.47 Å². The van der Waals surface area contributed by atoms with Crippen LogP contribution in [0.5, 0.6) is 11.8 Å². The summed E-state index contributed by atoms with van der Waals surface area (Å²) in [6.07, 6.45) is 10.2. The summed E-state index contributed by atoms with van der Waals surface area (Å²) >= 11 is 1.40. The number of benzene rings is 1. The monoisotopic (exact) mass is 372 g/mol. The first kappa shape index (κ1) is 17.5. The molecule has 0 saturated heterocycles. The molecule has 1 aliphatic carbocycles. The van der Waals surface area contributed by atoms with Crippen molar-refractivity contribution in [2.45, 2.75) is 55.6 Å². The average molecular weight is 372 g/mol. The highest BCUT2D eigenvalue weighted by Gasteiger charge is 2.25. The van der Waals surface area contributed by atoms with Gasteiger partial charge in [-0.1, -0.05) is 31.4 Å². The minimum Gasteiger partial charge on any atom is -0.490 e. The number of hydrogen-bond donors (Lipinski definition) is 0. The third-order valence-corrected chi connectivity index (χ3v) is 5.93. The Morgan fingerprint density at radius 3 is 2.73 bits per heavy atom. The topological polar surface area (TPSA) is 53.4 Å². The van der Waals surface area contributed by atoms with Gasteiger partial charge in [-0.2, -0.15) is 4.98 Å². The van der Waals surface area contributed by atoms with Gasteiger partial charge in [-0.05, 0) is 42.7 Å². The SMILES string of the molecule is CSc1cn2c(nc1=O)O[C@H](COc1ccc(C3CCCCC3)cc1)C2. The van der Waals surface area contributed by atoms with Crippen LogP contribution in [0.1, 0.15) is 43.6 Å². The number of thioether (sulfide) groups is 1. The fourth-order valence-corrected chi connectivity index (χ4v) is 4.23. The van der Waals surface area contributed by atoms with Gasteiger partial charge in [-0.15, -0.1) is 11.8 Å². The molecule has 1 aliphatic heterocycles. The van der Waals surface area contributed by atoms with Crippen LogP contribution in [-0.2, 0) is 6.54 Å². The maximum absolute atomic E-state index is 11.8. The zero-order valence-corrected chi connectivity index (χ0v) is 15.8. The minimum absolute atomic E-state index is 0.128. The van der Waals surface area contributed by atoms with Crippen molar-refractivity contribution in [1.29, 1.82) is 0 Å². The highest BCUT2D eigenvalue weighted by atomic mass is 32.2. The highest BCUT2D eigenvalue weighted by Crippen LogP contribution is 2.33. The van der Waals surface area contributed by atoms with Crippen LogP contribution in [0.15, 0.2) is 40.2 Å². The predicted octanol–water partition coefficient (Wildman–Crippen LogP) is 3.85. The fraction of sp³-hybridized carbons (Fsp3) is 0.500. The smallest absolute Gasteiger partial charge is 0.300 e. The Morgan fingerprint density at radius 2 is 2.00 bits per heavy atom. The zero-order chi connectivity index (χ0) is 17.9. The van der Waals surface area contributed by atoms with Gasteiger partial charge >= 0.3 is 0 Å². The molecule has 0 spiro atoms. The van der Waals surface area contributed by atoms with Gasteiger partial charge < -0.3 is 9.47 Å². The van der Waals surface area contributed by atoms with E-state index in [2.05, 4.69) is 29.2 Å². The second-order valence-electron chi connectivity index (χ2n) is 7.00. The van der Waals surface area contributed by atoms with Gasteiger partial charge in [-0.25, -0.2) is 0 Å². The van der Waals surface area contributed by atoms with Gasteiger partial charge in [0, 0.05) is 6.20 Å². The number of rotatable bonds is 5. The van der Waals surface area contributed by atoms with E-state index in [0.29, 0.717) is 30.0 Å². The number of hydrogen-bond acceptors (Lipinski definition) is 5. The quantitative estimate of drug-likeness (QED) is 0.746. The molecule has 1 saturated carbocycles. The summed E-state index contributed by atoms with van der Waals surface area (Å²) in [7, 11) is 0. The van der Waals surface area contributed by atoms with E-state index in [1.165, 1.54) is 49.4 Å². The lowest BCUT2D eigenvalue weighted by Crippen LogP contribution is -2.23. The van der Waals surface area contributed by atoms with Crippen molar-refractivity contribution in [1.82, 2.24) is 9.55 Å². The Labute approximate surface area is 157 Å². The van der Waals surface area contributed by atoms with Crippen molar-refractivity contribution in [2.24, 2.45) is 0 Å². The van der Waals surface area contributed by atoms with Crippen LogP contribution in [0.3, 0.4) is 0 Å². The number of aromatic nitrogens is 2. The maximum Gasteiger partial charge on any atom is 0.300 e. The predicted molar refractivity (Wildman–Crippen MR) is 102 cm³/mol. The Hall–Kier alpha value is -1.95. The van der Waals surface area contributed by atoms with Crippen LogP contribution in [0.25, 0.3) is 0 Å². The van der Waals surface area contributed by atoms with Crippen LogP contribution < -0.4 is 15.0 Å². The molecule has 0 radical (unpaired) electrons. The highest BCUT2D eigenvalue weighted by molar-refractivity contribution is 7.98. The van der Waals surface area contributed by atoms with E-state index in [-0.39, 0.29) is 11.7 Å². The Morgan fingerprint density at radius 1 is 1.23 bits per heavy atom. The summed E-state index contributed by atoms with van der Waals surface area (Å²) in [5.41, 5.74) is 1.19. The lowest BCUT2D eigenvalue weighted by Gasteiger charge is -2.22. The normalized spacial score (nSPS) is 19.8. The van der Waals surface area contributed by atoms with Crippen molar-refractivity contribution in [3.05, 3.63) is 46.4 Å². The molecule has 2 heterocycles. The third-order valence-electron chi connectivity index (χ3n) is 5.21. The Bertz CT molecular complexity index is 813. The zero-order valence-electron chi connectivity index (χ0n) is 15.0. The molecule has 1 aromatic carbocycles. The van der Waals surface area contributed by atoms with E-state index in [1.807, 2.05) is 17.0 Å². The third kappa shape index (κ3) is 3.75. The number of ether oxygens (including phenoxy) is 2. The lowest BCUT2D eigenvalue weighted by atomic mass is 9.84. The maximum atomic E-state index is 11.8. The van der Waals surface area contributed by atoms with Gasteiger partial charge in [0.05, 0.1) is 11.4 Å². The second kappa shape index (κ2) is 7.74. The minimum atomic E-state index is -0.233. The van der Waals surface area contributed by atoms with Gasteiger partial charge in [0.1, 0.15) is 12.4 Å². The van der Waals surface area contributed by atoms with Gasteiger partial charge in [0.25, 0.3) is 11.6 Å². The van der Waals surface area contributed by atoms with E-state index >= 15 is 0 Å². The molecule has 1 aromatic heterocycles. The Kier molecular flexibility index (Phi) is 5.20. The average Bonchev–Trinajstić information content (AvgIpc) is 3.08. The Balaban J connectivity index is 1.34. The summed E-state index contributed by atoms with van der Waals surface area (Å²) < 4.78 is 13.5. The molecule has 1 fully saturated rings. The van der Waals surface area contributed by atoms with Crippen LogP contribution in [0, 0.1) is 0 Å². The number of fused-ring (bicyclic) bond motifs is 1. The molecule has 2 aromatic rings. The first-order valence-corrected chi connectivity index (χ1v) is 10.5. The molecule has 26 heavy (non-hydrogen) atoms. The van der Waals surface area contributed by atoms with E-state index in [0.717, 1.165) is 5.75 Å². The van der Waals surface area contributed by atoms with E-state index in [1.54, 1.807) is 0 Å². The van der Waals surface area contributed by atoms with Crippen molar-refractivity contribution in [2.75, 3.05) is 12.9 Å². The van der Waals surface area contributed by atoms with Gasteiger partial charge in [-0.3, -0.25) is 9.36 Å². The van der Waals surface area contributed by atoms with Crippen LogP contribution >= 0.6 is 11.8 Å². The molecular formula is C20H24N2O3S. The largest absolute Gasteiger partial charge is 0.490 e. The fourth-order valence-electron chi connectivity index (χ4n) is 3.78. The summed E-state index contributed by atoms with van der Waals surface area (Å²) in [5, 5.41) is 0. The summed E-state index contributed by atoms with van der Waals surface area (Å²) in [5.74, 6) is 1.57. The lowest BCUT2D eigenvalue weighted by molar-refractivity contribution is 0.143. The molecule has 2 aliphatic rings. The molecular weight excluding hydrogens is 348 g/mol. The molecule has 5 nitrogen and oxygen atoms in total. The summed E-state index contributed by atoms with van der Waals surface area (Å²) in [6.45, 7) is 1.09. The first-order valence-electron chi connectivity index (χ1n) is 9.28. The molecule has 0 unspecified atom stereocenters. The summed E-state index contributed by atoms with van der Waals surface area (Å²) in [4.78, 5) is 16.4. The number of nitrogens with zero attached hydrogens (tertiary/aromatic N) is 2. The van der Waals surface area contributed by atoms with Crippen LogP contribution in [0.2, 0.25) is 0 Å². The molecule has 4 rings (SSSR count). The first-order chi connectivity index (χ1) is 12.7. The van der Waals surface area contributed by atoms with Gasteiger partial charge in [0.2, 0.25) is 0 Å². The van der Waals surface area contributed by atoms with Crippen LogP contribution in [0.4, 0.5) is 0 Å². The van der Waals surface area contributed by atoms with Crippen molar-refractivity contribution in [3.8, 4) is 11.8 Å².